The van der Waals surface area contributed by atoms with Crippen LogP contribution in [0.2, 0.25) is 5.02 Å². The van der Waals surface area contributed by atoms with Crippen LogP contribution in [0.1, 0.15) is 11.3 Å². The molecule has 2 rings (SSSR count). The van der Waals surface area contributed by atoms with E-state index < -0.39 is 0 Å². The molecule has 0 aliphatic rings. The van der Waals surface area contributed by atoms with Crippen molar-refractivity contribution in [2.45, 2.75) is 13.5 Å². The molecule has 0 spiro atoms. The lowest BCUT2D eigenvalue weighted by molar-refractivity contribution is -0.128. The summed E-state index contributed by atoms with van der Waals surface area (Å²) in [6.45, 7) is 2.62. The van der Waals surface area contributed by atoms with Crippen molar-refractivity contribution in [2.24, 2.45) is 0 Å². The number of aryl methyl sites for hydroxylation is 1. The number of halogens is 1. The molecule has 0 bridgehead atoms. The molecule has 2 aromatic rings. The molecule has 1 aromatic carbocycles. The summed E-state index contributed by atoms with van der Waals surface area (Å²) in [5, 5.41) is 3.75. The highest BCUT2D eigenvalue weighted by Crippen LogP contribution is 2.19. The van der Waals surface area contributed by atoms with Gasteiger partial charge in [0.25, 0.3) is 0 Å². The maximum atomic E-state index is 12.0. The summed E-state index contributed by atoms with van der Waals surface area (Å²) >= 11 is 6.04. The van der Waals surface area contributed by atoms with Crippen LogP contribution < -0.4 is 5.32 Å². The second-order valence-electron chi connectivity index (χ2n) is 4.65. The second kappa shape index (κ2) is 6.48. The van der Waals surface area contributed by atoms with Gasteiger partial charge in [0, 0.05) is 17.8 Å². The van der Waals surface area contributed by atoms with E-state index in [4.69, 9.17) is 16.0 Å². The number of furan rings is 1. The Morgan fingerprint density at radius 3 is 2.85 bits per heavy atom. The Kier molecular flexibility index (Phi) is 4.69. The Morgan fingerprint density at radius 2 is 2.20 bits per heavy atom. The molecule has 5 heteroatoms. The number of carbonyl (C=O) groups is 1. The van der Waals surface area contributed by atoms with Crippen LogP contribution in [0.15, 0.2) is 41.0 Å². The van der Waals surface area contributed by atoms with Gasteiger partial charge in [-0.05, 0) is 36.8 Å². The highest BCUT2D eigenvalue weighted by molar-refractivity contribution is 6.31. The Balaban J connectivity index is 1.86. The third-order valence-electron chi connectivity index (χ3n) is 3.01. The van der Waals surface area contributed by atoms with Crippen LogP contribution in [-0.4, -0.2) is 24.4 Å². The number of nitrogens with one attached hydrogen (secondary N) is 1. The van der Waals surface area contributed by atoms with Crippen molar-refractivity contribution in [2.75, 3.05) is 18.9 Å². The number of nitrogens with zero attached hydrogens (tertiary/aromatic N) is 1. The number of anilines is 1. The van der Waals surface area contributed by atoms with Crippen molar-refractivity contribution >= 4 is 23.2 Å². The van der Waals surface area contributed by atoms with Crippen molar-refractivity contribution < 1.29 is 9.21 Å². The molecule has 0 fully saturated rings. The zero-order valence-corrected chi connectivity index (χ0v) is 12.3. The van der Waals surface area contributed by atoms with Gasteiger partial charge in [-0.1, -0.05) is 17.7 Å². The number of rotatable bonds is 5. The summed E-state index contributed by atoms with van der Waals surface area (Å²) < 4.78 is 5.21. The third-order valence-corrected chi connectivity index (χ3v) is 3.42. The van der Waals surface area contributed by atoms with Gasteiger partial charge in [0.2, 0.25) is 5.91 Å². The topological polar surface area (TPSA) is 45.5 Å². The van der Waals surface area contributed by atoms with Gasteiger partial charge >= 0.3 is 0 Å². The number of likely N-dealkylation sites (N-methyl/N-ethyl adjacent to an activating group) is 1. The van der Waals surface area contributed by atoms with Crippen LogP contribution in [0.4, 0.5) is 5.69 Å². The molecule has 0 atom stereocenters. The lowest BCUT2D eigenvalue weighted by atomic mass is 10.2. The molecular formula is C15H17ClN2O2. The normalized spacial score (nSPS) is 10.3. The highest BCUT2D eigenvalue weighted by Gasteiger charge is 2.10. The number of benzene rings is 1. The summed E-state index contributed by atoms with van der Waals surface area (Å²) in [4.78, 5) is 13.6. The Labute approximate surface area is 123 Å². The van der Waals surface area contributed by atoms with Crippen LogP contribution in [0.3, 0.4) is 0 Å². The predicted molar refractivity (Wildman–Crippen MR) is 79.9 cm³/mol. The van der Waals surface area contributed by atoms with Gasteiger partial charge in [0.15, 0.2) is 0 Å². The summed E-state index contributed by atoms with van der Waals surface area (Å²) in [6, 6.07) is 9.29. The largest absolute Gasteiger partial charge is 0.467 e. The maximum absolute atomic E-state index is 12.0. The van der Waals surface area contributed by atoms with Gasteiger partial charge in [-0.25, -0.2) is 0 Å². The van der Waals surface area contributed by atoms with E-state index in [1.165, 1.54) is 0 Å². The first-order valence-corrected chi connectivity index (χ1v) is 6.70. The molecule has 0 saturated heterocycles. The average molecular weight is 293 g/mol. The van der Waals surface area contributed by atoms with Gasteiger partial charge in [-0.15, -0.1) is 0 Å². The van der Waals surface area contributed by atoms with Crippen LogP contribution in [0.25, 0.3) is 0 Å². The maximum Gasteiger partial charge on any atom is 0.242 e. The summed E-state index contributed by atoms with van der Waals surface area (Å²) in [6.07, 6.45) is 1.60. The molecule has 20 heavy (non-hydrogen) atoms. The fourth-order valence-electron chi connectivity index (χ4n) is 1.74. The molecule has 1 amide bonds. The van der Waals surface area contributed by atoms with Gasteiger partial charge in [0.1, 0.15) is 5.76 Å². The molecule has 1 N–H and O–H groups in total. The van der Waals surface area contributed by atoms with Gasteiger partial charge < -0.3 is 14.6 Å². The fraction of sp³-hybridized carbons (Fsp3) is 0.267. The third kappa shape index (κ3) is 3.78. The minimum Gasteiger partial charge on any atom is -0.467 e. The smallest absolute Gasteiger partial charge is 0.242 e. The Bertz CT molecular complexity index is 582. The van der Waals surface area contributed by atoms with Crippen molar-refractivity contribution in [3.63, 3.8) is 0 Å². The molecular weight excluding hydrogens is 276 g/mol. The van der Waals surface area contributed by atoms with E-state index in [1.54, 1.807) is 24.3 Å². The van der Waals surface area contributed by atoms with Crippen LogP contribution >= 0.6 is 11.6 Å². The Morgan fingerprint density at radius 1 is 1.40 bits per heavy atom. The van der Waals surface area contributed by atoms with E-state index in [2.05, 4.69) is 5.32 Å². The lowest BCUT2D eigenvalue weighted by Gasteiger charge is -2.16. The monoisotopic (exact) mass is 292 g/mol. The summed E-state index contributed by atoms with van der Waals surface area (Å²) in [7, 11) is 1.74. The van der Waals surface area contributed by atoms with Gasteiger partial charge in [-0.2, -0.15) is 0 Å². The molecule has 4 nitrogen and oxygen atoms in total. The molecule has 0 saturated carbocycles. The molecule has 1 aromatic heterocycles. The van der Waals surface area contributed by atoms with Crippen molar-refractivity contribution in [3.05, 3.63) is 52.9 Å². The molecule has 106 valence electrons. The zero-order valence-electron chi connectivity index (χ0n) is 11.5. The van der Waals surface area contributed by atoms with Crippen LogP contribution in [0.5, 0.6) is 0 Å². The lowest BCUT2D eigenvalue weighted by Crippen LogP contribution is -2.31. The van der Waals surface area contributed by atoms with Crippen LogP contribution in [0, 0.1) is 6.92 Å². The molecule has 1 heterocycles. The Hall–Kier alpha value is -1.94. The van der Waals surface area contributed by atoms with E-state index in [0.717, 1.165) is 17.0 Å². The fourth-order valence-corrected chi connectivity index (χ4v) is 1.92. The SMILES string of the molecule is Cc1ccc(NCC(=O)N(C)Cc2ccco2)cc1Cl. The first-order chi connectivity index (χ1) is 9.56. The number of amides is 1. The number of hydrogen-bond acceptors (Lipinski definition) is 3. The predicted octanol–water partition coefficient (Wildman–Crippen LogP) is 3.31. The quantitative estimate of drug-likeness (QED) is 0.919. The number of hydrogen-bond donors (Lipinski definition) is 1. The van der Waals surface area contributed by atoms with Gasteiger partial charge in [-0.3, -0.25) is 4.79 Å². The summed E-state index contributed by atoms with van der Waals surface area (Å²) in [5.41, 5.74) is 1.85. The van der Waals surface area contributed by atoms with E-state index in [0.29, 0.717) is 11.6 Å². The van der Waals surface area contributed by atoms with E-state index in [1.807, 2.05) is 31.2 Å². The average Bonchev–Trinajstić information content (AvgIpc) is 2.92. The molecule has 0 radical (unpaired) electrons. The molecule has 0 unspecified atom stereocenters. The van der Waals surface area contributed by atoms with E-state index in [-0.39, 0.29) is 12.5 Å². The summed E-state index contributed by atoms with van der Waals surface area (Å²) in [5.74, 6) is 0.748. The minimum absolute atomic E-state index is 0.0157. The zero-order chi connectivity index (χ0) is 14.5. The first kappa shape index (κ1) is 14.5. The first-order valence-electron chi connectivity index (χ1n) is 6.32. The van der Waals surface area contributed by atoms with E-state index in [9.17, 15) is 4.79 Å². The standard InChI is InChI=1S/C15H17ClN2O2/c1-11-5-6-12(8-14(11)16)17-9-15(19)18(2)10-13-4-3-7-20-13/h3-8,17H,9-10H2,1-2H3. The molecule has 0 aliphatic heterocycles. The molecule has 0 aliphatic carbocycles. The van der Waals surface area contributed by atoms with E-state index >= 15 is 0 Å². The number of carbonyl (C=O) groups excluding carboxylic acids is 1. The second-order valence-corrected chi connectivity index (χ2v) is 5.05. The highest BCUT2D eigenvalue weighted by atomic mass is 35.5. The van der Waals surface area contributed by atoms with Crippen molar-refractivity contribution in [1.82, 2.24) is 4.90 Å². The van der Waals surface area contributed by atoms with Crippen molar-refractivity contribution in [3.8, 4) is 0 Å². The van der Waals surface area contributed by atoms with Gasteiger partial charge in [0.05, 0.1) is 19.4 Å². The van der Waals surface area contributed by atoms with Crippen molar-refractivity contribution in [1.29, 1.82) is 0 Å². The van der Waals surface area contributed by atoms with Crippen LogP contribution in [-0.2, 0) is 11.3 Å². The minimum atomic E-state index is -0.0157.